The minimum absolute atomic E-state index is 0.101. The number of rotatable bonds is 4. The summed E-state index contributed by atoms with van der Waals surface area (Å²) >= 11 is 0. The predicted octanol–water partition coefficient (Wildman–Crippen LogP) is 3.92. The minimum Gasteiger partial charge on any atom is -0.493 e. The Morgan fingerprint density at radius 2 is 1.82 bits per heavy atom. The first-order chi connectivity index (χ1) is 10.3. The van der Waals surface area contributed by atoms with Crippen LogP contribution in [-0.2, 0) is 6.18 Å². The maximum Gasteiger partial charge on any atom is 0.416 e. The van der Waals surface area contributed by atoms with Crippen LogP contribution in [0.2, 0.25) is 0 Å². The Labute approximate surface area is 125 Å². The molecule has 116 valence electrons. The van der Waals surface area contributed by atoms with Crippen LogP contribution in [0.1, 0.15) is 28.4 Å². The molecule has 2 rings (SSSR count). The molecule has 0 bridgehead atoms. The summed E-state index contributed by atoms with van der Waals surface area (Å²) in [5.41, 5.74) is 5.00. The topological polar surface area (TPSA) is 52.3 Å². The lowest BCUT2D eigenvalue weighted by atomic mass is 9.99. The van der Waals surface area contributed by atoms with Gasteiger partial charge in [0, 0.05) is 11.3 Å². The van der Waals surface area contributed by atoms with E-state index in [1.165, 1.54) is 12.1 Å². The van der Waals surface area contributed by atoms with Gasteiger partial charge in [-0.2, -0.15) is 13.2 Å². The van der Waals surface area contributed by atoms with Crippen LogP contribution in [0, 0.1) is 0 Å². The monoisotopic (exact) mass is 309 g/mol. The van der Waals surface area contributed by atoms with Gasteiger partial charge in [-0.3, -0.25) is 4.79 Å². The van der Waals surface area contributed by atoms with Gasteiger partial charge in [0.25, 0.3) is 0 Å². The van der Waals surface area contributed by atoms with E-state index in [4.69, 9.17) is 10.5 Å². The molecule has 0 heterocycles. The number of ether oxygens (including phenoxy) is 1. The van der Waals surface area contributed by atoms with E-state index < -0.39 is 17.5 Å². The summed E-state index contributed by atoms with van der Waals surface area (Å²) < 4.78 is 43.8. The molecule has 0 spiro atoms. The second-order valence-electron chi connectivity index (χ2n) is 4.56. The lowest BCUT2D eigenvalue weighted by Crippen LogP contribution is -2.11. The molecule has 0 aliphatic rings. The minimum atomic E-state index is -4.54. The number of anilines is 1. The Balaban J connectivity index is 2.56. The number of para-hydroxylation sites is 1. The number of carbonyl (C=O) groups excluding carboxylic acids is 1. The molecule has 0 atom stereocenters. The van der Waals surface area contributed by atoms with Crippen molar-refractivity contribution in [3.8, 4) is 5.75 Å². The van der Waals surface area contributed by atoms with Crippen molar-refractivity contribution in [1.82, 2.24) is 0 Å². The zero-order valence-corrected chi connectivity index (χ0v) is 11.8. The zero-order valence-electron chi connectivity index (χ0n) is 11.8. The van der Waals surface area contributed by atoms with E-state index in [-0.39, 0.29) is 29.2 Å². The molecule has 0 unspecified atom stereocenters. The second kappa shape index (κ2) is 6.09. The lowest BCUT2D eigenvalue weighted by molar-refractivity contribution is -0.137. The smallest absolute Gasteiger partial charge is 0.416 e. The van der Waals surface area contributed by atoms with E-state index in [9.17, 15) is 18.0 Å². The summed E-state index contributed by atoms with van der Waals surface area (Å²) in [5.74, 6) is -0.503. The quantitative estimate of drug-likeness (QED) is 0.688. The van der Waals surface area contributed by atoms with Gasteiger partial charge < -0.3 is 10.5 Å². The van der Waals surface area contributed by atoms with Crippen molar-refractivity contribution in [3.05, 3.63) is 59.2 Å². The van der Waals surface area contributed by atoms with Gasteiger partial charge in [0.1, 0.15) is 5.75 Å². The molecule has 0 fully saturated rings. The molecule has 0 amide bonds. The number of nitrogen functional groups attached to an aromatic ring is 1. The van der Waals surface area contributed by atoms with Crippen LogP contribution in [0.25, 0.3) is 0 Å². The van der Waals surface area contributed by atoms with Gasteiger partial charge in [0.05, 0.1) is 17.7 Å². The molecule has 0 saturated heterocycles. The van der Waals surface area contributed by atoms with E-state index in [1.54, 1.807) is 19.1 Å². The first-order valence-corrected chi connectivity index (χ1v) is 6.58. The van der Waals surface area contributed by atoms with E-state index in [0.29, 0.717) is 0 Å². The molecule has 22 heavy (non-hydrogen) atoms. The fraction of sp³-hybridized carbons (Fsp3) is 0.188. The molecule has 0 aliphatic carbocycles. The van der Waals surface area contributed by atoms with Crippen molar-refractivity contribution in [1.29, 1.82) is 0 Å². The van der Waals surface area contributed by atoms with Crippen LogP contribution in [0.3, 0.4) is 0 Å². The molecular formula is C16H14F3NO2. The molecule has 0 radical (unpaired) electrons. The fourth-order valence-electron chi connectivity index (χ4n) is 2.01. The first-order valence-electron chi connectivity index (χ1n) is 6.58. The van der Waals surface area contributed by atoms with Gasteiger partial charge in [0.15, 0.2) is 5.78 Å². The number of hydrogen-bond donors (Lipinski definition) is 1. The SMILES string of the molecule is CCOc1ccc(C(F)(F)F)cc1C(=O)c1ccccc1N. The highest BCUT2D eigenvalue weighted by molar-refractivity contribution is 6.13. The van der Waals surface area contributed by atoms with Gasteiger partial charge >= 0.3 is 6.18 Å². The van der Waals surface area contributed by atoms with Crippen molar-refractivity contribution in [2.24, 2.45) is 0 Å². The van der Waals surface area contributed by atoms with Crippen molar-refractivity contribution in [3.63, 3.8) is 0 Å². The average molecular weight is 309 g/mol. The van der Waals surface area contributed by atoms with Crippen LogP contribution in [0.4, 0.5) is 18.9 Å². The van der Waals surface area contributed by atoms with Gasteiger partial charge in [-0.15, -0.1) is 0 Å². The number of nitrogens with two attached hydrogens (primary N) is 1. The molecule has 2 aromatic carbocycles. The summed E-state index contributed by atoms with van der Waals surface area (Å²) in [6.45, 7) is 1.92. The largest absolute Gasteiger partial charge is 0.493 e. The van der Waals surface area contributed by atoms with E-state index in [1.807, 2.05) is 0 Å². The van der Waals surface area contributed by atoms with E-state index in [2.05, 4.69) is 0 Å². The van der Waals surface area contributed by atoms with E-state index in [0.717, 1.165) is 18.2 Å². The molecule has 3 nitrogen and oxygen atoms in total. The number of hydrogen-bond acceptors (Lipinski definition) is 3. The van der Waals surface area contributed by atoms with E-state index >= 15 is 0 Å². The normalized spacial score (nSPS) is 11.3. The number of benzene rings is 2. The summed E-state index contributed by atoms with van der Waals surface area (Å²) in [6, 6.07) is 9.04. The first kappa shape index (κ1) is 15.9. The van der Waals surface area contributed by atoms with Crippen LogP contribution < -0.4 is 10.5 Å². The van der Waals surface area contributed by atoms with Crippen molar-refractivity contribution < 1.29 is 22.7 Å². The Bertz CT molecular complexity index is 696. The van der Waals surface area contributed by atoms with Gasteiger partial charge in [-0.1, -0.05) is 12.1 Å². The Hall–Kier alpha value is -2.50. The third-order valence-electron chi connectivity index (χ3n) is 3.06. The summed E-state index contributed by atoms with van der Waals surface area (Å²) in [6.07, 6.45) is -4.54. The summed E-state index contributed by atoms with van der Waals surface area (Å²) in [4.78, 5) is 12.5. The molecule has 2 aromatic rings. The maximum absolute atomic E-state index is 12.9. The molecule has 0 aliphatic heterocycles. The molecular weight excluding hydrogens is 295 g/mol. The van der Waals surface area contributed by atoms with Gasteiger partial charge in [-0.05, 0) is 37.3 Å². The highest BCUT2D eigenvalue weighted by Crippen LogP contribution is 2.34. The molecule has 0 aromatic heterocycles. The van der Waals surface area contributed by atoms with Crippen LogP contribution in [-0.4, -0.2) is 12.4 Å². The summed E-state index contributed by atoms with van der Waals surface area (Å²) in [5, 5.41) is 0. The van der Waals surface area contributed by atoms with Gasteiger partial charge in [0.2, 0.25) is 0 Å². The Morgan fingerprint density at radius 3 is 2.41 bits per heavy atom. The van der Waals surface area contributed by atoms with Crippen molar-refractivity contribution >= 4 is 11.5 Å². The van der Waals surface area contributed by atoms with Crippen LogP contribution >= 0.6 is 0 Å². The number of carbonyl (C=O) groups is 1. The third kappa shape index (κ3) is 3.21. The molecule has 0 saturated carbocycles. The van der Waals surface area contributed by atoms with Crippen LogP contribution in [0.15, 0.2) is 42.5 Å². The summed E-state index contributed by atoms with van der Waals surface area (Å²) in [7, 11) is 0. The number of ketones is 1. The van der Waals surface area contributed by atoms with Crippen molar-refractivity contribution in [2.45, 2.75) is 13.1 Å². The Kier molecular flexibility index (Phi) is 4.40. The third-order valence-corrected chi connectivity index (χ3v) is 3.06. The zero-order chi connectivity index (χ0) is 16.3. The highest BCUT2D eigenvalue weighted by Gasteiger charge is 2.32. The number of alkyl halides is 3. The standard InChI is InChI=1S/C16H14F3NO2/c1-2-22-14-8-7-10(16(17,18)19)9-12(14)15(21)11-5-3-4-6-13(11)20/h3-9H,2,20H2,1H3. The van der Waals surface area contributed by atoms with Crippen molar-refractivity contribution in [2.75, 3.05) is 12.3 Å². The molecule has 2 N–H and O–H groups in total. The van der Waals surface area contributed by atoms with Crippen LogP contribution in [0.5, 0.6) is 5.75 Å². The van der Waals surface area contributed by atoms with Gasteiger partial charge in [-0.25, -0.2) is 0 Å². The number of halogens is 3. The Morgan fingerprint density at radius 1 is 1.14 bits per heavy atom. The average Bonchev–Trinajstić information content (AvgIpc) is 2.46. The maximum atomic E-state index is 12.9. The predicted molar refractivity (Wildman–Crippen MR) is 76.9 cm³/mol. The fourth-order valence-corrected chi connectivity index (χ4v) is 2.01. The lowest BCUT2D eigenvalue weighted by Gasteiger charge is -2.14. The second-order valence-corrected chi connectivity index (χ2v) is 4.56. The highest BCUT2D eigenvalue weighted by atomic mass is 19.4. The molecule has 6 heteroatoms.